The van der Waals surface area contributed by atoms with Gasteiger partial charge in [-0.25, -0.2) is 8.42 Å². The van der Waals surface area contributed by atoms with Gasteiger partial charge < -0.3 is 10.6 Å². The molecule has 2 heterocycles. The lowest BCUT2D eigenvalue weighted by Crippen LogP contribution is -2.44. The first kappa shape index (κ1) is 20.2. The van der Waals surface area contributed by atoms with E-state index in [0.29, 0.717) is 18.9 Å². The first-order valence-corrected chi connectivity index (χ1v) is 9.55. The number of nitrogens with one attached hydrogen (secondary N) is 2. The van der Waals surface area contributed by atoms with Gasteiger partial charge in [-0.3, -0.25) is 9.67 Å². The molecule has 2 rings (SSSR count). The average Bonchev–Trinajstić information content (AvgIpc) is 3.00. The first-order valence-electron chi connectivity index (χ1n) is 7.73. The van der Waals surface area contributed by atoms with Gasteiger partial charge in [0.25, 0.3) is 0 Å². The Hall–Kier alpha value is -0.840. The van der Waals surface area contributed by atoms with Crippen LogP contribution in [0.4, 0.5) is 0 Å². The van der Waals surface area contributed by atoms with E-state index in [-0.39, 0.29) is 41.5 Å². The quantitative estimate of drug-likeness (QED) is 0.289. The number of aryl methyl sites for hydroxylation is 2. The highest BCUT2D eigenvalue weighted by molar-refractivity contribution is 14.0. The van der Waals surface area contributed by atoms with Crippen molar-refractivity contribution in [2.75, 3.05) is 24.6 Å². The Morgan fingerprint density at radius 1 is 1.52 bits per heavy atom. The molecule has 0 aliphatic carbocycles. The summed E-state index contributed by atoms with van der Waals surface area (Å²) in [5.41, 5.74) is 1.15. The maximum absolute atomic E-state index is 11.5. The standard InChI is InChI=1S/C14H25N5O2S.HI/c1-3-15-14(18-13-5-8-22(20,21)11-13)16-6-4-7-19-10-12(2)9-17-19;/h9-10,13H,3-8,11H2,1-2H3,(H2,15,16,18);1H. The molecule has 132 valence electrons. The monoisotopic (exact) mass is 455 g/mol. The summed E-state index contributed by atoms with van der Waals surface area (Å²) in [6, 6.07) is -0.0310. The van der Waals surface area contributed by atoms with Crippen molar-refractivity contribution in [3.8, 4) is 0 Å². The third-order valence-corrected chi connectivity index (χ3v) is 5.26. The Labute approximate surface area is 155 Å². The van der Waals surface area contributed by atoms with Crippen molar-refractivity contribution in [3.05, 3.63) is 18.0 Å². The van der Waals surface area contributed by atoms with Crippen LogP contribution in [0, 0.1) is 6.92 Å². The second-order valence-corrected chi connectivity index (χ2v) is 7.87. The number of aliphatic imine (C=N–C) groups is 1. The smallest absolute Gasteiger partial charge is 0.191 e. The van der Waals surface area contributed by atoms with Crippen molar-refractivity contribution in [2.24, 2.45) is 4.99 Å². The van der Waals surface area contributed by atoms with Crippen molar-refractivity contribution in [2.45, 2.75) is 39.3 Å². The fourth-order valence-corrected chi connectivity index (χ4v) is 4.11. The Morgan fingerprint density at radius 2 is 2.30 bits per heavy atom. The fraction of sp³-hybridized carbons (Fsp3) is 0.714. The molecule has 0 bridgehead atoms. The number of sulfone groups is 1. The number of guanidine groups is 1. The second-order valence-electron chi connectivity index (χ2n) is 5.64. The molecular formula is C14H26IN5O2S. The SMILES string of the molecule is CCNC(=NCCCn1cc(C)cn1)NC1CCS(=O)(=O)C1.I. The molecule has 0 aromatic carbocycles. The summed E-state index contributed by atoms with van der Waals surface area (Å²) in [5.74, 6) is 1.16. The van der Waals surface area contributed by atoms with Crippen molar-refractivity contribution in [3.63, 3.8) is 0 Å². The lowest BCUT2D eigenvalue weighted by molar-refractivity contribution is 0.581. The van der Waals surface area contributed by atoms with Crippen LogP contribution in [0.2, 0.25) is 0 Å². The summed E-state index contributed by atoms with van der Waals surface area (Å²) in [6.07, 6.45) is 5.39. The second kappa shape index (κ2) is 9.45. The molecular weight excluding hydrogens is 429 g/mol. The minimum Gasteiger partial charge on any atom is -0.357 e. The minimum atomic E-state index is -2.87. The van der Waals surface area contributed by atoms with Crippen molar-refractivity contribution in [1.82, 2.24) is 20.4 Å². The molecule has 1 saturated heterocycles. The number of hydrogen-bond acceptors (Lipinski definition) is 4. The van der Waals surface area contributed by atoms with Crippen molar-refractivity contribution in [1.29, 1.82) is 0 Å². The van der Waals surface area contributed by atoms with Gasteiger partial charge >= 0.3 is 0 Å². The van der Waals surface area contributed by atoms with E-state index in [1.165, 1.54) is 0 Å². The number of rotatable bonds is 6. The number of halogens is 1. The van der Waals surface area contributed by atoms with E-state index in [1.54, 1.807) is 0 Å². The lowest BCUT2D eigenvalue weighted by atomic mass is 10.3. The molecule has 2 N–H and O–H groups in total. The van der Waals surface area contributed by atoms with Gasteiger partial charge in [-0.05, 0) is 32.3 Å². The molecule has 23 heavy (non-hydrogen) atoms. The van der Waals surface area contributed by atoms with Crippen LogP contribution in [0.15, 0.2) is 17.4 Å². The van der Waals surface area contributed by atoms with Gasteiger partial charge in [0.05, 0.1) is 17.7 Å². The molecule has 1 atom stereocenters. The molecule has 1 aliphatic rings. The van der Waals surface area contributed by atoms with Crippen LogP contribution in [0.25, 0.3) is 0 Å². The van der Waals surface area contributed by atoms with Crippen LogP contribution in [0.1, 0.15) is 25.3 Å². The Morgan fingerprint density at radius 3 is 2.87 bits per heavy atom. The van der Waals surface area contributed by atoms with Crippen LogP contribution < -0.4 is 10.6 Å². The summed E-state index contributed by atoms with van der Waals surface area (Å²) in [7, 11) is -2.87. The van der Waals surface area contributed by atoms with E-state index in [0.717, 1.165) is 25.1 Å². The van der Waals surface area contributed by atoms with Gasteiger partial charge in [-0.2, -0.15) is 5.10 Å². The highest BCUT2D eigenvalue weighted by Crippen LogP contribution is 2.10. The van der Waals surface area contributed by atoms with Gasteiger partial charge in [-0.15, -0.1) is 24.0 Å². The molecule has 0 amide bonds. The zero-order chi connectivity index (χ0) is 16.0. The summed E-state index contributed by atoms with van der Waals surface area (Å²) in [6.45, 7) is 6.27. The summed E-state index contributed by atoms with van der Waals surface area (Å²) in [5, 5.41) is 10.6. The Balaban J connectivity index is 0.00000264. The molecule has 1 aromatic heterocycles. The molecule has 0 saturated carbocycles. The van der Waals surface area contributed by atoms with E-state index >= 15 is 0 Å². The summed E-state index contributed by atoms with van der Waals surface area (Å²) >= 11 is 0. The molecule has 1 aliphatic heterocycles. The molecule has 0 spiro atoms. The van der Waals surface area contributed by atoms with E-state index in [1.807, 2.05) is 30.9 Å². The molecule has 1 fully saturated rings. The van der Waals surface area contributed by atoms with Gasteiger partial charge in [-0.1, -0.05) is 0 Å². The van der Waals surface area contributed by atoms with Gasteiger partial charge in [0, 0.05) is 31.9 Å². The maximum Gasteiger partial charge on any atom is 0.191 e. The average molecular weight is 455 g/mol. The maximum atomic E-state index is 11.5. The fourth-order valence-electron chi connectivity index (χ4n) is 2.44. The Kier molecular flexibility index (Phi) is 8.31. The normalized spacial score (nSPS) is 20.1. The van der Waals surface area contributed by atoms with E-state index in [9.17, 15) is 8.42 Å². The zero-order valence-electron chi connectivity index (χ0n) is 13.7. The van der Waals surface area contributed by atoms with Gasteiger partial charge in [0.1, 0.15) is 0 Å². The topological polar surface area (TPSA) is 88.4 Å². The third kappa shape index (κ3) is 7.06. The molecule has 1 aromatic rings. The third-order valence-electron chi connectivity index (χ3n) is 3.50. The number of aromatic nitrogens is 2. The van der Waals surface area contributed by atoms with Crippen LogP contribution in [0.5, 0.6) is 0 Å². The van der Waals surface area contributed by atoms with Gasteiger partial charge in [0.15, 0.2) is 15.8 Å². The van der Waals surface area contributed by atoms with Crippen molar-refractivity contribution < 1.29 is 8.42 Å². The first-order chi connectivity index (χ1) is 10.5. The zero-order valence-corrected chi connectivity index (χ0v) is 16.8. The highest BCUT2D eigenvalue weighted by atomic mass is 127. The van der Waals surface area contributed by atoms with Crippen LogP contribution in [-0.2, 0) is 16.4 Å². The predicted octanol–water partition coefficient (Wildman–Crippen LogP) is 0.942. The largest absolute Gasteiger partial charge is 0.357 e. The van der Waals surface area contributed by atoms with E-state index in [2.05, 4.69) is 20.7 Å². The molecule has 7 nitrogen and oxygen atoms in total. The summed E-state index contributed by atoms with van der Waals surface area (Å²) in [4.78, 5) is 4.51. The van der Waals surface area contributed by atoms with Crippen LogP contribution in [-0.4, -0.2) is 54.8 Å². The van der Waals surface area contributed by atoms with Crippen molar-refractivity contribution >= 4 is 39.8 Å². The number of hydrogen-bond donors (Lipinski definition) is 2. The molecule has 0 radical (unpaired) electrons. The highest BCUT2D eigenvalue weighted by Gasteiger charge is 2.28. The van der Waals surface area contributed by atoms with Crippen LogP contribution in [0.3, 0.4) is 0 Å². The number of nitrogens with zero attached hydrogens (tertiary/aromatic N) is 3. The van der Waals surface area contributed by atoms with E-state index < -0.39 is 9.84 Å². The Bertz CT molecular complexity index is 614. The molecule has 9 heteroatoms. The van der Waals surface area contributed by atoms with E-state index in [4.69, 9.17) is 0 Å². The molecule has 1 unspecified atom stereocenters. The predicted molar refractivity (Wildman–Crippen MR) is 103 cm³/mol. The van der Waals surface area contributed by atoms with Gasteiger partial charge in [0.2, 0.25) is 0 Å². The summed E-state index contributed by atoms with van der Waals surface area (Å²) < 4.78 is 24.9. The minimum absolute atomic E-state index is 0. The van der Waals surface area contributed by atoms with Crippen LogP contribution >= 0.6 is 24.0 Å². The lowest BCUT2D eigenvalue weighted by Gasteiger charge is -2.15.